The number of ether oxygens (including phenoxy) is 3. The third-order valence-corrected chi connectivity index (χ3v) is 16.3. The van der Waals surface area contributed by atoms with Crippen molar-refractivity contribution < 1.29 is 28.6 Å². The molecule has 0 aliphatic rings. The number of carbonyl (C=O) groups excluding carboxylic acids is 3. The number of unbranched alkanes of at least 4 members (excludes halogenated alkanes) is 50. The smallest absolute Gasteiger partial charge is 0.306 e. The highest BCUT2D eigenvalue weighted by molar-refractivity contribution is 5.71. The van der Waals surface area contributed by atoms with Crippen LogP contribution in [0, 0.1) is 0 Å². The molecular formula is C74H138O6. The van der Waals surface area contributed by atoms with Crippen LogP contribution in [0.5, 0.6) is 0 Å². The van der Waals surface area contributed by atoms with Gasteiger partial charge in [0.2, 0.25) is 0 Å². The zero-order valence-corrected chi connectivity index (χ0v) is 54.1. The summed E-state index contributed by atoms with van der Waals surface area (Å²) in [6.45, 7) is 6.63. The van der Waals surface area contributed by atoms with Gasteiger partial charge >= 0.3 is 17.9 Å². The summed E-state index contributed by atoms with van der Waals surface area (Å²) in [5.41, 5.74) is 0. The Labute approximate surface area is 499 Å². The van der Waals surface area contributed by atoms with Crippen LogP contribution in [-0.2, 0) is 28.6 Å². The summed E-state index contributed by atoms with van der Waals surface area (Å²) in [5.74, 6) is -0.852. The molecule has 0 amide bonds. The first-order valence-electron chi connectivity index (χ1n) is 36.0. The van der Waals surface area contributed by atoms with Crippen LogP contribution in [0.1, 0.15) is 400 Å². The zero-order chi connectivity index (χ0) is 57.8. The lowest BCUT2D eigenvalue weighted by molar-refractivity contribution is -0.167. The number of hydrogen-bond donors (Lipinski definition) is 0. The summed E-state index contributed by atoms with van der Waals surface area (Å²) in [7, 11) is 0. The third-order valence-electron chi connectivity index (χ3n) is 16.3. The van der Waals surface area contributed by atoms with E-state index in [4.69, 9.17) is 14.2 Å². The average molecular weight is 1120 g/mol. The molecule has 0 aromatic heterocycles. The average Bonchev–Trinajstić information content (AvgIpc) is 3.46. The van der Waals surface area contributed by atoms with Crippen LogP contribution < -0.4 is 0 Å². The van der Waals surface area contributed by atoms with Crippen molar-refractivity contribution in [3.05, 3.63) is 36.5 Å². The second-order valence-corrected chi connectivity index (χ2v) is 24.5. The quantitative estimate of drug-likeness (QED) is 0.0261. The Hall–Kier alpha value is -2.37. The van der Waals surface area contributed by atoms with Gasteiger partial charge in [-0.25, -0.2) is 0 Å². The molecule has 0 aliphatic carbocycles. The second kappa shape index (κ2) is 69.1. The molecule has 0 rings (SSSR count). The number of allylic oxidation sites excluding steroid dienone is 6. The minimum atomic E-state index is -0.771. The summed E-state index contributed by atoms with van der Waals surface area (Å²) in [6.07, 6.45) is 86.4. The number of hydrogen-bond acceptors (Lipinski definition) is 6. The Kier molecular flexibility index (Phi) is 67.1. The molecule has 1 atom stereocenters. The van der Waals surface area contributed by atoms with Crippen molar-refractivity contribution in [1.29, 1.82) is 0 Å². The molecule has 0 aromatic carbocycles. The summed E-state index contributed by atoms with van der Waals surface area (Å²) >= 11 is 0. The molecule has 6 nitrogen and oxygen atoms in total. The van der Waals surface area contributed by atoms with Crippen molar-refractivity contribution in [3.8, 4) is 0 Å². The van der Waals surface area contributed by atoms with Crippen LogP contribution in [0.15, 0.2) is 36.5 Å². The number of rotatable bonds is 67. The fourth-order valence-corrected chi connectivity index (χ4v) is 11.0. The van der Waals surface area contributed by atoms with Crippen molar-refractivity contribution in [1.82, 2.24) is 0 Å². The maximum absolute atomic E-state index is 12.9. The molecule has 1 unspecified atom stereocenters. The molecule has 0 fully saturated rings. The van der Waals surface area contributed by atoms with Crippen LogP contribution in [0.2, 0.25) is 0 Å². The molecule has 0 heterocycles. The lowest BCUT2D eigenvalue weighted by Crippen LogP contribution is -2.30. The van der Waals surface area contributed by atoms with Gasteiger partial charge in [0, 0.05) is 19.3 Å². The lowest BCUT2D eigenvalue weighted by atomic mass is 10.0. The minimum Gasteiger partial charge on any atom is -0.462 e. The summed E-state index contributed by atoms with van der Waals surface area (Å²) < 4.78 is 16.9. The molecule has 0 saturated carbocycles. The van der Waals surface area contributed by atoms with Crippen molar-refractivity contribution >= 4 is 17.9 Å². The standard InChI is InChI=1S/C74H138O6/c1-4-7-10-13-16-19-22-24-26-28-29-30-31-32-33-34-35-36-37-38-39-40-41-42-43-44-45-47-48-50-52-55-58-61-64-67-73(76)79-70-71(69-78-72(75)66-63-60-57-54-21-18-15-12-9-6-3)80-74(77)68-65-62-59-56-53-51-49-46-27-25-23-20-17-14-11-8-5-2/h12,15,22,24,28-29,71H,4-11,13-14,16-21,23,25-27,30-70H2,1-3H3/b15-12-,24-22-,29-28-. The molecule has 6 heteroatoms. The fraction of sp³-hybridized carbons (Fsp3) is 0.878. The van der Waals surface area contributed by atoms with E-state index in [2.05, 4.69) is 57.2 Å². The molecule has 0 aliphatic heterocycles. The van der Waals surface area contributed by atoms with Crippen molar-refractivity contribution in [2.75, 3.05) is 13.2 Å². The van der Waals surface area contributed by atoms with E-state index in [9.17, 15) is 14.4 Å². The van der Waals surface area contributed by atoms with Gasteiger partial charge < -0.3 is 14.2 Å². The van der Waals surface area contributed by atoms with Gasteiger partial charge in [0.15, 0.2) is 6.10 Å². The summed E-state index contributed by atoms with van der Waals surface area (Å²) in [5, 5.41) is 0. The minimum absolute atomic E-state index is 0.0683. The Morgan fingerprint density at radius 2 is 0.475 bits per heavy atom. The lowest BCUT2D eigenvalue weighted by Gasteiger charge is -2.18. The third kappa shape index (κ3) is 66.4. The predicted octanol–water partition coefficient (Wildman–Crippen LogP) is 24.7. The van der Waals surface area contributed by atoms with Gasteiger partial charge in [0.05, 0.1) is 0 Å². The van der Waals surface area contributed by atoms with Gasteiger partial charge in [-0.2, -0.15) is 0 Å². The summed E-state index contributed by atoms with van der Waals surface area (Å²) in [4.78, 5) is 38.3. The van der Waals surface area contributed by atoms with Crippen molar-refractivity contribution in [2.45, 2.75) is 406 Å². The van der Waals surface area contributed by atoms with Gasteiger partial charge in [-0.05, 0) is 70.6 Å². The first kappa shape index (κ1) is 77.6. The molecule has 0 saturated heterocycles. The molecule has 470 valence electrons. The molecule has 80 heavy (non-hydrogen) atoms. The highest BCUT2D eigenvalue weighted by Crippen LogP contribution is 2.19. The van der Waals surface area contributed by atoms with Crippen molar-refractivity contribution in [2.24, 2.45) is 0 Å². The normalized spacial score (nSPS) is 12.2. The van der Waals surface area contributed by atoms with E-state index < -0.39 is 6.10 Å². The molecule has 0 N–H and O–H groups in total. The van der Waals surface area contributed by atoms with E-state index in [0.29, 0.717) is 19.3 Å². The molecular weight excluding hydrogens is 985 g/mol. The Morgan fingerprint density at radius 1 is 0.250 bits per heavy atom. The highest BCUT2D eigenvalue weighted by atomic mass is 16.6. The molecule has 0 spiro atoms. The first-order chi connectivity index (χ1) is 39.5. The van der Waals surface area contributed by atoms with Gasteiger partial charge in [-0.15, -0.1) is 0 Å². The number of esters is 3. The Morgan fingerprint density at radius 3 is 0.750 bits per heavy atom. The van der Waals surface area contributed by atoms with E-state index >= 15 is 0 Å². The van der Waals surface area contributed by atoms with E-state index in [1.807, 2.05) is 0 Å². The van der Waals surface area contributed by atoms with E-state index in [1.165, 1.54) is 283 Å². The Balaban J connectivity index is 4.00. The van der Waals surface area contributed by atoms with Gasteiger partial charge in [-0.1, -0.05) is 346 Å². The molecule has 0 aromatic rings. The van der Waals surface area contributed by atoms with Gasteiger partial charge in [0.1, 0.15) is 13.2 Å². The predicted molar refractivity (Wildman–Crippen MR) is 349 cm³/mol. The monoisotopic (exact) mass is 1120 g/mol. The van der Waals surface area contributed by atoms with Crippen LogP contribution in [0.3, 0.4) is 0 Å². The van der Waals surface area contributed by atoms with Crippen LogP contribution >= 0.6 is 0 Å². The van der Waals surface area contributed by atoms with Crippen LogP contribution in [0.25, 0.3) is 0 Å². The van der Waals surface area contributed by atoms with Crippen molar-refractivity contribution in [3.63, 3.8) is 0 Å². The van der Waals surface area contributed by atoms with E-state index in [1.54, 1.807) is 0 Å². The largest absolute Gasteiger partial charge is 0.462 e. The van der Waals surface area contributed by atoms with Gasteiger partial charge in [-0.3, -0.25) is 14.4 Å². The van der Waals surface area contributed by atoms with Gasteiger partial charge in [0.25, 0.3) is 0 Å². The maximum Gasteiger partial charge on any atom is 0.306 e. The van der Waals surface area contributed by atoms with E-state index in [-0.39, 0.29) is 31.1 Å². The van der Waals surface area contributed by atoms with Crippen LogP contribution in [-0.4, -0.2) is 37.2 Å². The SMILES string of the molecule is CCC/C=C\CCCCCCCC(=O)OCC(COC(=O)CCCCCCCCCCCCCCCCCCCCCCCCC/C=C\C/C=C\CCCCCCC)OC(=O)CCCCCCCCCCCCCCCCCCC. The zero-order valence-electron chi connectivity index (χ0n) is 54.1. The maximum atomic E-state index is 12.9. The highest BCUT2D eigenvalue weighted by Gasteiger charge is 2.19. The summed E-state index contributed by atoms with van der Waals surface area (Å²) in [6, 6.07) is 0. The molecule has 0 bridgehead atoms. The first-order valence-corrected chi connectivity index (χ1v) is 36.0. The molecule has 0 radical (unpaired) electrons. The topological polar surface area (TPSA) is 78.9 Å². The second-order valence-electron chi connectivity index (χ2n) is 24.5. The number of carbonyl (C=O) groups is 3. The fourth-order valence-electron chi connectivity index (χ4n) is 11.0. The van der Waals surface area contributed by atoms with Crippen LogP contribution in [0.4, 0.5) is 0 Å². The van der Waals surface area contributed by atoms with E-state index in [0.717, 1.165) is 77.0 Å². The Bertz CT molecular complexity index is 1340.